The Morgan fingerprint density at radius 3 is 2.91 bits per heavy atom. The van der Waals surface area contributed by atoms with Crippen molar-refractivity contribution in [2.45, 2.75) is 25.4 Å². The molecule has 0 unspecified atom stereocenters. The van der Waals surface area contributed by atoms with Crippen molar-refractivity contribution in [3.8, 4) is 5.75 Å². The number of amides is 2. The maximum absolute atomic E-state index is 12.4. The number of likely N-dealkylation sites (N-methyl/N-ethyl adjacent to an activating group) is 2. The quantitative estimate of drug-likeness (QED) is 0.845. The third-order valence-electron chi connectivity index (χ3n) is 4.23. The van der Waals surface area contributed by atoms with Gasteiger partial charge in [-0.2, -0.15) is 0 Å². The van der Waals surface area contributed by atoms with Gasteiger partial charge in [0.15, 0.2) is 0 Å². The van der Waals surface area contributed by atoms with E-state index in [9.17, 15) is 9.59 Å². The van der Waals surface area contributed by atoms with Crippen LogP contribution >= 0.6 is 0 Å². The number of nitrogens with zero attached hydrogens (tertiary/aromatic N) is 2. The van der Waals surface area contributed by atoms with E-state index in [-0.39, 0.29) is 24.4 Å². The molecular weight excluding hydrogens is 294 g/mol. The van der Waals surface area contributed by atoms with Crippen LogP contribution in [0.2, 0.25) is 0 Å². The molecule has 0 saturated carbocycles. The van der Waals surface area contributed by atoms with Crippen molar-refractivity contribution < 1.29 is 14.3 Å². The normalized spacial score (nSPS) is 17.8. The standard InChI is InChI=1S/C17H25N3O3/c1-18-17(22)15-8-5-9-20(15)12-16(21)19(2)11-13-6-4-7-14(10-13)23-3/h4,6-7,10,15H,5,8-9,11-12H2,1-3H3,(H,18,22)/t15-/m0/s1. The molecule has 1 atom stereocenters. The molecule has 0 spiro atoms. The molecule has 1 aromatic rings. The summed E-state index contributed by atoms with van der Waals surface area (Å²) in [5.74, 6) is 0.789. The van der Waals surface area contributed by atoms with E-state index in [1.807, 2.05) is 29.2 Å². The van der Waals surface area contributed by atoms with Crippen molar-refractivity contribution in [3.63, 3.8) is 0 Å². The first kappa shape index (κ1) is 17.3. The average Bonchev–Trinajstić information content (AvgIpc) is 3.02. The van der Waals surface area contributed by atoms with Gasteiger partial charge in [-0.3, -0.25) is 14.5 Å². The lowest BCUT2D eigenvalue weighted by molar-refractivity contribution is -0.133. The van der Waals surface area contributed by atoms with Crippen LogP contribution in [0.5, 0.6) is 5.75 Å². The fourth-order valence-electron chi connectivity index (χ4n) is 2.91. The molecule has 126 valence electrons. The predicted molar refractivity (Wildman–Crippen MR) is 88.1 cm³/mol. The van der Waals surface area contributed by atoms with E-state index in [4.69, 9.17) is 4.74 Å². The van der Waals surface area contributed by atoms with Crippen LogP contribution in [0.3, 0.4) is 0 Å². The first-order chi connectivity index (χ1) is 11.0. The molecular formula is C17H25N3O3. The van der Waals surface area contributed by atoms with Gasteiger partial charge in [0.25, 0.3) is 0 Å². The van der Waals surface area contributed by atoms with E-state index < -0.39 is 0 Å². The number of carbonyl (C=O) groups is 2. The Morgan fingerprint density at radius 2 is 2.22 bits per heavy atom. The molecule has 1 N–H and O–H groups in total. The van der Waals surface area contributed by atoms with Crippen molar-refractivity contribution in [2.75, 3.05) is 34.3 Å². The number of nitrogens with one attached hydrogen (secondary N) is 1. The largest absolute Gasteiger partial charge is 0.497 e. The zero-order valence-electron chi connectivity index (χ0n) is 14.0. The van der Waals surface area contributed by atoms with E-state index in [1.165, 1.54) is 0 Å². The zero-order chi connectivity index (χ0) is 16.8. The molecule has 0 bridgehead atoms. The van der Waals surface area contributed by atoms with Crippen LogP contribution in [-0.2, 0) is 16.1 Å². The number of methoxy groups -OCH3 is 1. The van der Waals surface area contributed by atoms with Crippen molar-refractivity contribution in [3.05, 3.63) is 29.8 Å². The number of likely N-dealkylation sites (tertiary alicyclic amines) is 1. The van der Waals surface area contributed by atoms with Gasteiger partial charge in [-0.05, 0) is 37.1 Å². The van der Waals surface area contributed by atoms with Crippen LogP contribution in [0.1, 0.15) is 18.4 Å². The number of ether oxygens (including phenoxy) is 1. The molecule has 2 rings (SSSR count). The van der Waals surface area contributed by atoms with Crippen molar-refractivity contribution in [2.24, 2.45) is 0 Å². The lowest BCUT2D eigenvalue weighted by atomic mass is 10.2. The van der Waals surface area contributed by atoms with Crippen LogP contribution < -0.4 is 10.1 Å². The Morgan fingerprint density at radius 1 is 1.43 bits per heavy atom. The van der Waals surface area contributed by atoms with Crippen LogP contribution in [0, 0.1) is 0 Å². The number of benzene rings is 1. The van der Waals surface area contributed by atoms with Crippen molar-refractivity contribution >= 4 is 11.8 Å². The van der Waals surface area contributed by atoms with Gasteiger partial charge in [-0.25, -0.2) is 0 Å². The van der Waals surface area contributed by atoms with Gasteiger partial charge in [0.1, 0.15) is 5.75 Å². The molecule has 1 aliphatic heterocycles. The highest BCUT2D eigenvalue weighted by Crippen LogP contribution is 2.18. The number of carbonyl (C=O) groups excluding carboxylic acids is 2. The maximum atomic E-state index is 12.4. The monoisotopic (exact) mass is 319 g/mol. The highest BCUT2D eigenvalue weighted by molar-refractivity contribution is 5.83. The van der Waals surface area contributed by atoms with Gasteiger partial charge in [-0.1, -0.05) is 12.1 Å². The minimum atomic E-state index is -0.186. The summed E-state index contributed by atoms with van der Waals surface area (Å²) in [6.07, 6.45) is 1.76. The van der Waals surface area contributed by atoms with E-state index >= 15 is 0 Å². The lowest BCUT2D eigenvalue weighted by Crippen LogP contribution is -2.46. The highest BCUT2D eigenvalue weighted by atomic mass is 16.5. The summed E-state index contributed by atoms with van der Waals surface area (Å²) in [5, 5.41) is 2.67. The van der Waals surface area contributed by atoms with Gasteiger partial charge < -0.3 is 15.0 Å². The summed E-state index contributed by atoms with van der Waals surface area (Å²) in [6.45, 7) is 1.59. The Hall–Kier alpha value is -2.08. The van der Waals surface area contributed by atoms with Crippen molar-refractivity contribution in [1.82, 2.24) is 15.1 Å². The predicted octanol–water partition coefficient (Wildman–Crippen LogP) is 0.864. The van der Waals surface area contributed by atoms with E-state index in [1.54, 1.807) is 26.1 Å². The number of hydrogen-bond donors (Lipinski definition) is 1. The summed E-state index contributed by atoms with van der Waals surface area (Å²) < 4.78 is 5.20. The van der Waals surface area contributed by atoms with Crippen LogP contribution in [0.15, 0.2) is 24.3 Å². The third-order valence-corrected chi connectivity index (χ3v) is 4.23. The molecule has 0 aromatic heterocycles. The van der Waals surface area contributed by atoms with Gasteiger partial charge >= 0.3 is 0 Å². The smallest absolute Gasteiger partial charge is 0.237 e. The van der Waals surface area contributed by atoms with Gasteiger partial charge in [0.2, 0.25) is 11.8 Å². The molecule has 23 heavy (non-hydrogen) atoms. The van der Waals surface area contributed by atoms with Gasteiger partial charge in [0, 0.05) is 20.6 Å². The first-order valence-corrected chi connectivity index (χ1v) is 7.87. The molecule has 0 radical (unpaired) electrons. The Labute approximate surface area is 137 Å². The molecule has 6 nitrogen and oxygen atoms in total. The molecule has 1 aromatic carbocycles. The molecule has 1 fully saturated rings. The molecule has 1 aliphatic rings. The van der Waals surface area contributed by atoms with E-state index in [0.717, 1.165) is 30.7 Å². The van der Waals surface area contributed by atoms with Crippen LogP contribution in [-0.4, -0.2) is 62.0 Å². The van der Waals surface area contributed by atoms with Crippen LogP contribution in [0.4, 0.5) is 0 Å². The van der Waals surface area contributed by atoms with Gasteiger partial charge in [0.05, 0.1) is 19.7 Å². The molecule has 6 heteroatoms. The summed E-state index contributed by atoms with van der Waals surface area (Å²) in [6, 6.07) is 7.50. The minimum Gasteiger partial charge on any atom is -0.497 e. The molecule has 2 amide bonds. The maximum Gasteiger partial charge on any atom is 0.237 e. The Kier molecular flexibility index (Phi) is 5.98. The fourth-order valence-corrected chi connectivity index (χ4v) is 2.91. The second-order valence-corrected chi connectivity index (χ2v) is 5.84. The highest BCUT2D eigenvalue weighted by Gasteiger charge is 2.31. The molecule has 1 saturated heterocycles. The second-order valence-electron chi connectivity index (χ2n) is 5.84. The number of hydrogen-bond acceptors (Lipinski definition) is 4. The number of rotatable bonds is 6. The third kappa shape index (κ3) is 4.45. The summed E-state index contributed by atoms with van der Waals surface area (Å²) in [4.78, 5) is 27.9. The lowest BCUT2D eigenvalue weighted by Gasteiger charge is -2.25. The van der Waals surface area contributed by atoms with Crippen molar-refractivity contribution in [1.29, 1.82) is 0 Å². The first-order valence-electron chi connectivity index (χ1n) is 7.87. The average molecular weight is 319 g/mol. The topological polar surface area (TPSA) is 61.9 Å². The van der Waals surface area contributed by atoms with E-state index in [2.05, 4.69) is 5.32 Å². The Bertz CT molecular complexity index is 562. The van der Waals surface area contributed by atoms with Crippen LogP contribution in [0.25, 0.3) is 0 Å². The minimum absolute atomic E-state index is 0.00857. The second kappa shape index (κ2) is 7.97. The molecule has 1 heterocycles. The fraction of sp³-hybridized carbons (Fsp3) is 0.529. The van der Waals surface area contributed by atoms with Gasteiger partial charge in [-0.15, -0.1) is 0 Å². The summed E-state index contributed by atoms with van der Waals surface area (Å²) in [7, 11) is 5.04. The van der Waals surface area contributed by atoms with E-state index in [0.29, 0.717) is 6.54 Å². The summed E-state index contributed by atoms with van der Waals surface area (Å²) in [5.41, 5.74) is 1.02. The Balaban J connectivity index is 1.93. The summed E-state index contributed by atoms with van der Waals surface area (Å²) >= 11 is 0. The zero-order valence-corrected chi connectivity index (χ0v) is 14.0. The molecule has 0 aliphatic carbocycles. The SMILES string of the molecule is CNC(=O)[C@@H]1CCCN1CC(=O)N(C)Cc1cccc(OC)c1.